The maximum Gasteiger partial charge on any atom is 0.271 e. The van der Waals surface area contributed by atoms with Crippen molar-refractivity contribution in [2.75, 3.05) is 0 Å². The SMILES string of the molecule is C#CCn1c(C)c(C=NNC(=O)c2ccc([N+](=O)[O-])cc2)c2ccccc21. The number of aromatic nitrogens is 1. The first-order valence-electron chi connectivity index (χ1n) is 8.12. The summed E-state index contributed by atoms with van der Waals surface area (Å²) in [6.45, 7) is 2.38. The van der Waals surface area contributed by atoms with E-state index < -0.39 is 10.8 Å². The van der Waals surface area contributed by atoms with Gasteiger partial charge < -0.3 is 4.57 Å². The van der Waals surface area contributed by atoms with Crippen molar-refractivity contribution in [3.63, 3.8) is 0 Å². The zero-order chi connectivity index (χ0) is 19.4. The van der Waals surface area contributed by atoms with Gasteiger partial charge in [-0.15, -0.1) is 6.42 Å². The van der Waals surface area contributed by atoms with Gasteiger partial charge in [-0.2, -0.15) is 5.10 Å². The number of nitrogens with zero attached hydrogens (tertiary/aromatic N) is 3. The number of benzene rings is 2. The average Bonchev–Trinajstić information content (AvgIpc) is 2.94. The van der Waals surface area contributed by atoms with Crippen LogP contribution >= 0.6 is 0 Å². The molecular weight excluding hydrogens is 344 g/mol. The molecule has 1 amide bonds. The summed E-state index contributed by atoms with van der Waals surface area (Å²) >= 11 is 0. The van der Waals surface area contributed by atoms with Crippen LogP contribution in [0.25, 0.3) is 10.9 Å². The Bertz CT molecular complexity index is 1090. The molecule has 0 atom stereocenters. The summed E-state index contributed by atoms with van der Waals surface area (Å²) in [5, 5.41) is 15.7. The van der Waals surface area contributed by atoms with Gasteiger partial charge in [0.25, 0.3) is 11.6 Å². The number of hydrogen-bond donors (Lipinski definition) is 1. The molecule has 7 nitrogen and oxygen atoms in total. The third kappa shape index (κ3) is 3.55. The summed E-state index contributed by atoms with van der Waals surface area (Å²) in [5.74, 6) is 2.19. The van der Waals surface area contributed by atoms with Crippen LogP contribution in [0.2, 0.25) is 0 Å². The summed E-state index contributed by atoms with van der Waals surface area (Å²) in [5.41, 5.74) is 5.45. The van der Waals surface area contributed by atoms with Gasteiger partial charge in [0.05, 0.1) is 17.7 Å². The van der Waals surface area contributed by atoms with Gasteiger partial charge in [-0.3, -0.25) is 14.9 Å². The zero-order valence-electron chi connectivity index (χ0n) is 14.5. The van der Waals surface area contributed by atoms with E-state index in [0.717, 1.165) is 22.2 Å². The molecule has 3 rings (SSSR count). The average molecular weight is 360 g/mol. The largest absolute Gasteiger partial charge is 0.333 e. The topological polar surface area (TPSA) is 89.5 Å². The number of para-hydroxylation sites is 1. The molecule has 2 aromatic carbocycles. The highest BCUT2D eigenvalue weighted by atomic mass is 16.6. The van der Waals surface area contributed by atoms with Crippen LogP contribution in [0, 0.1) is 29.4 Å². The fraction of sp³-hybridized carbons (Fsp3) is 0.100. The summed E-state index contributed by atoms with van der Waals surface area (Å²) < 4.78 is 2.01. The van der Waals surface area contributed by atoms with Crippen molar-refractivity contribution in [1.82, 2.24) is 9.99 Å². The summed E-state index contributed by atoms with van der Waals surface area (Å²) in [4.78, 5) is 22.3. The highest BCUT2D eigenvalue weighted by Gasteiger charge is 2.12. The van der Waals surface area contributed by atoms with Crippen LogP contribution in [0.4, 0.5) is 5.69 Å². The van der Waals surface area contributed by atoms with Gasteiger partial charge in [0.15, 0.2) is 0 Å². The Morgan fingerprint density at radius 1 is 1.30 bits per heavy atom. The maximum absolute atomic E-state index is 12.1. The van der Waals surface area contributed by atoms with Gasteiger partial charge in [-0.05, 0) is 25.1 Å². The minimum absolute atomic E-state index is 0.0769. The van der Waals surface area contributed by atoms with E-state index in [2.05, 4.69) is 16.4 Å². The third-order valence-electron chi connectivity index (χ3n) is 4.23. The summed E-state index contributed by atoms with van der Waals surface area (Å²) in [7, 11) is 0. The lowest BCUT2D eigenvalue weighted by molar-refractivity contribution is -0.384. The second-order valence-electron chi connectivity index (χ2n) is 5.81. The number of carbonyl (C=O) groups is 1. The molecule has 27 heavy (non-hydrogen) atoms. The number of fused-ring (bicyclic) bond motifs is 1. The van der Waals surface area contributed by atoms with E-state index in [1.165, 1.54) is 24.3 Å². The minimum Gasteiger partial charge on any atom is -0.333 e. The number of terminal acetylenes is 1. The number of rotatable bonds is 5. The van der Waals surface area contributed by atoms with Crippen LogP contribution in [-0.4, -0.2) is 21.6 Å². The summed E-state index contributed by atoms with van der Waals surface area (Å²) in [6, 6.07) is 13.1. The standard InChI is InChI=1S/C20H16N4O3/c1-3-12-23-14(2)18(17-6-4-5-7-19(17)23)13-21-22-20(25)15-8-10-16(11-9-15)24(26)27/h1,4-11,13H,12H2,2H3,(H,22,25). The molecule has 0 unspecified atom stereocenters. The molecule has 0 fully saturated rings. The van der Waals surface area contributed by atoms with Crippen LogP contribution in [0.1, 0.15) is 21.6 Å². The first-order valence-corrected chi connectivity index (χ1v) is 8.12. The zero-order valence-corrected chi connectivity index (χ0v) is 14.5. The van der Waals surface area contributed by atoms with Crippen molar-refractivity contribution in [2.24, 2.45) is 5.10 Å². The van der Waals surface area contributed by atoms with E-state index in [1.807, 2.05) is 35.8 Å². The number of carbonyl (C=O) groups excluding carboxylic acids is 1. The van der Waals surface area contributed by atoms with E-state index in [9.17, 15) is 14.9 Å². The molecular formula is C20H16N4O3. The molecule has 0 spiro atoms. The van der Waals surface area contributed by atoms with Crippen LogP contribution in [-0.2, 0) is 6.54 Å². The predicted molar refractivity (Wildman–Crippen MR) is 104 cm³/mol. The Morgan fingerprint density at radius 2 is 2.00 bits per heavy atom. The number of non-ortho nitro benzene ring substituents is 1. The van der Waals surface area contributed by atoms with Gasteiger partial charge in [-0.1, -0.05) is 24.1 Å². The van der Waals surface area contributed by atoms with Crippen molar-refractivity contribution >= 4 is 28.7 Å². The molecule has 134 valence electrons. The molecule has 0 aliphatic carbocycles. The fourth-order valence-corrected chi connectivity index (χ4v) is 2.87. The number of amides is 1. The van der Waals surface area contributed by atoms with Crippen LogP contribution < -0.4 is 5.43 Å². The third-order valence-corrected chi connectivity index (χ3v) is 4.23. The normalized spacial score (nSPS) is 10.8. The highest BCUT2D eigenvalue weighted by Crippen LogP contribution is 2.24. The van der Waals surface area contributed by atoms with E-state index in [-0.39, 0.29) is 11.3 Å². The van der Waals surface area contributed by atoms with Gasteiger partial charge in [0.1, 0.15) is 0 Å². The Hall–Kier alpha value is -3.92. The molecule has 1 N–H and O–H groups in total. The molecule has 1 aromatic heterocycles. The second kappa shape index (κ2) is 7.54. The summed E-state index contributed by atoms with van der Waals surface area (Å²) in [6.07, 6.45) is 7.04. The minimum atomic E-state index is -0.519. The lowest BCUT2D eigenvalue weighted by Crippen LogP contribution is -2.17. The molecule has 0 aliphatic heterocycles. The number of nitro groups is 1. The Morgan fingerprint density at radius 3 is 2.67 bits per heavy atom. The van der Waals surface area contributed by atoms with Crippen molar-refractivity contribution < 1.29 is 9.72 Å². The number of nitro benzene ring substituents is 1. The Labute approximate surface area is 155 Å². The van der Waals surface area contributed by atoms with Gasteiger partial charge in [0, 0.05) is 39.9 Å². The molecule has 1 heterocycles. The van der Waals surface area contributed by atoms with Gasteiger partial charge in [0.2, 0.25) is 0 Å². The molecule has 3 aromatic rings. The maximum atomic E-state index is 12.1. The first kappa shape index (κ1) is 17.9. The molecule has 0 radical (unpaired) electrons. The Balaban J connectivity index is 1.82. The Kier molecular flexibility index (Phi) is 4.99. The van der Waals surface area contributed by atoms with Crippen LogP contribution in [0.15, 0.2) is 53.6 Å². The van der Waals surface area contributed by atoms with E-state index in [1.54, 1.807) is 6.21 Å². The van der Waals surface area contributed by atoms with E-state index >= 15 is 0 Å². The van der Waals surface area contributed by atoms with Crippen molar-refractivity contribution in [2.45, 2.75) is 13.5 Å². The molecule has 0 saturated carbocycles. The number of hydrogen-bond acceptors (Lipinski definition) is 4. The van der Waals surface area contributed by atoms with Gasteiger partial charge >= 0.3 is 0 Å². The van der Waals surface area contributed by atoms with Crippen LogP contribution in [0.5, 0.6) is 0 Å². The first-order chi connectivity index (χ1) is 13.0. The molecule has 0 saturated heterocycles. The van der Waals surface area contributed by atoms with Gasteiger partial charge in [-0.25, -0.2) is 5.43 Å². The van der Waals surface area contributed by atoms with Crippen molar-refractivity contribution in [3.05, 3.63) is 75.5 Å². The van der Waals surface area contributed by atoms with Crippen LogP contribution in [0.3, 0.4) is 0 Å². The lowest BCUT2D eigenvalue weighted by atomic mass is 10.1. The predicted octanol–water partition coefficient (Wildman–Crippen LogP) is 3.26. The highest BCUT2D eigenvalue weighted by molar-refractivity contribution is 6.02. The fourth-order valence-electron chi connectivity index (χ4n) is 2.87. The molecule has 7 heteroatoms. The van der Waals surface area contributed by atoms with Crippen molar-refractivity contribution in [3.8, 4) is 12.3 Å². The van der Waals surface area contributed by atoms with Crippen molar-refractivity contribution in [1.29, 1.82) is 0 Å². The van der Waals surface area contributed by atoms with E-state index in [4.69, 9.17) is 6.42 Å². The number of nitrogens with one attached hydrogen (secondary N) is 1. The lowest BCUT2D eigenvalue weighted by Gasteiger charge is -2.02. The second-order valence-corrected chi connectivity index (χ2v) is 5.81. The van der Waals surface area contributed by atoms with E-state index in [0.29, 0.717) is 6.54 Å². The molecule has 0 aliphatic rings. The monoisotopic (exact) mass is 360 g/mol. The number of hydrazone groups is 1. The quantitative estimate of drug-likeness (QED) is 0.328. The smallest absolute Gasteiger partial charge is 0.271 e. The molecule has 0 bridgehead atoms.